The summed E-state index contributed by atoms with van der Waals surface area (Å²) < 4.78 is 13.3. The standard InChI is InChI=1S/C26H26N4O3/c1-19-3-2-12-30-17-22(27-25(19)30)18-33-24-10-4-20(5-11-24)26(31)28-21-6-8-23(9-7-21)29-13-15-32-16-14-29/h2-12,17H,13-16,18H2,1H3,(H,28,31). The molecular formula is C26H26N4O3. The van der Waals surface area contributed by atoms with E-state index in [9.17, 15) is 4.79 Å². The molecule has 7 nitrogen and oxygen atoms in total. The highest BCUT2D eigenvalue weighted by molar-refractivity contribution is 6.04. The summed E-state index contributed by atoms with van der Waals surface area (Å²) in [5.41, 5.74) is 5.38. The van der Waals surface area contributed by atoms with E-state index in [1.807, 2.05) is 60.1 Å². The Morgan fingerprint density at radius 2 is 1.82 bits per heavy atom. The number of pyridine rings is 1. The fraction of sp³-hybridized carbons (Fsp3) is 0.231. The summed E-state index contributed by atoms with van der Waals surface area (Å²) in [4.78, 5) is 19.5. The van der Waals surface area contributed by atoms with Crippen LogP contribution < -0.4 is 15.0 Å². The molecule has 1 amide bonds. The number of nitrogens with zero attached hydrogens (tertiary/aromatic N) is 3. The lowest BCUT2D eigenvalue weighted by Gasteiger charge is -2.28. The van der Waals surface area contributed by atoms with Crippen LogP contribution in [0.25, 0.3) is 5.65 Å². The van der Waals surface area contributed by atoms with Crippen molar-refractivity contribution in [3.8, 4) is 5.75 Å². The number of carbonyl (C=O) groups is 1. The predicted molar refractivity (Wildman–Crippen MR) is 128 cm³/mol. The molecule has 2 aromatic heterocycles. The van der Waals surface area contributed by atoms with Crippen LogP contribution in [0, 0.1) is 6.92 Å². The van der Waals surface area contributed by atoms with Crippen molar-refractivity contribution in [2.75, 3.05) is 36.5 Å². The maximum atomic E-state index is 12.6. The predicted octanol–water partition coefficient (Wildman–Crippen LogP) is 4.31. The Labute approximate surface area is 192 Å². The van der Waals surface area contributed by atoms with E-state index in [4.69, 9.17) is 9.47 Å². The molecule has 0 saturated carbocycles. The molecule has 1 aliphatic heterocycles. The zero-order valence-corrected chi connectivity index (χ0v) is 18.5. The van der Waals surface area contributed by atoms with Crippen LogP contribution in [0.1, 0.15) is 21.6 Å². The number of hydrogen-bond donors (Lipinski definition) is 1. The van der Waals surface area contributed by atoms with E-state index in [1.54, 1.807) is 24.3 Å². The third kappa shape index (κ3) is 4.83. The Morgan fingerprint density at radius 3 is 2.55 bits per heavy atom. The van der Waals surface area contributed by atoms with Crippen LogP contribution >= 0.6 is 0 Å². The van der Waals surface area contributed by atoms with E-state index in [1.165, 1.54) is 0 Å². The summed E-state index contributed by atoms with van der Waals surface area (Å²) in [7, 11) is 0. The van der Waals surface area contributed by atoms with Gasteiger partial charge in [-0.1, -0.05) is 6.07 Å². The van der Waals surface area contributed by atoms with E-state index < -0.39 is 0 Å². The zero-order chi connectivity index (χ0) is 22.6. The van der Waals surface area contributed by atoms with Gasteiger partial charge in [0.2, 0.25) is 0 Å². The van der Waals surface area contributed by atoms with E-state index in [2.05, 4.69) is 15.2 Å². The van der Waals surface area contributed by atoms with Crippen LogP contribution in [0.5, 0.6) is 5.75 Å². The number of morpholine rings is 1. The third-order valence-corrected chi connectivity index (χ3v) is 5.73. The van der Waals surface area contributed by atoms with Crippen LogP contribution in [-0.4, -0.2) is 41.6 Å². The molecule has 0 radical (unpaired) electrons. The number of imidazole rings is 1. The second-order valence-electron chi connectivity index (χ2n) is 8.07. The average molecular weight is 443 g/mol. The molecule has 0 atom stereocenters. The number of ether oxygens (including phenoxy) is 2. The third-order valence-electron chi connectivity index (χ3n) is 5.73. The quantitative estimate of drug-likeness (QED) is 0.482. The molecule has 5 rings (SSSR count). The van der Waals surface area contributed by atoms with Crippen molar-refractivity contribution < 1.29 is 14.3 Å². The number of carbonyl (C=O) groups excluding carboxylic acids is 1. The highest BCUT2D eigenvalue weighted by Crippen LogP contribution is 2.20. The number of aryl methyl sites for hydroxylation is 1. The molecule has 3 heterocycles. The summed E-state index contributed by atoms with van der Waals surface area (Å²) in [6.07, 6.45) is 3.94. The van der Waals surface area contributed by atoms with Crippen molar-refractivity contribution >= 4 is 22.9 Å². The molecule has 1 aliphatic rings. The number of benzene rings is 2. The monoisotopic (exact) mass is 442 g/mol. The number of aromatic nitrogens is 2. The fourth-order valence-electron chi connectivity index (χ4n) is 3.91. The molecule has 0 spiro atoms. The summed E-state index contributed by atoms with van der Waals surface area (Å²) in [5.74, 6) is 0.534. The van der Waals surface area contributed by atoms with Gasteiger partial charge in [0, 0.05) is 42.4 Å². The molecule has 2 aromatic carbocycles. The smallest absolute Gasteiger partial charge is 0.255 e. The van der Waals surface area contributed by atoms with Gasteiger partial charge in [0.25, 0.3) is 5.91 Å². The second kappa shape index (κ2) is 9.34. The lowest BCUT2D eigenvalue weighted by molar-refractivity contribution is 0.102. The first-order valence-electron chi connectivity index (χ1n) is 11.1. The normalized spacial score (nSPS) is 13.8. The van der Waals surface area contributed by atoms with Crippen molar-refractivity contribution in [3.63, 3.8) is 0 Å². The highest BCUT2D eigenvalue weighted by atomic mass is 16.5. The number of hydrogen-bond acceptors (Lipinski definition) is 5. The van der Waals surface area contributed by atoms with Crippen molar-refractivity contribution in [1.82, 2.24) is 9.38 Å². The number of anilines is 2. The maximum Gasteiger partial charge on any atom is 0.255 e. The number of amides is 1. The van der Waals surface area contributed by atoms with Crippen LogP contribution in [-0.2, 0) is 11.3 Å². The number of rotatable bonds is 6. The molecule has 0 bridgehead atoms. The number of nitrogens with one attached hydrogen (secondary N) is 1. The maximum absolute atomic E-state index is 12.6. The summed E-state index contributed by atoms with van der Waals surface area (Å²) in [6, 6.07) is 19.1. The molecule has 1 fully saturated rings. The molecule has 1 N–H and O–H groups in total. The van der Waals surface area contributed by atoms with Gasteiger partial charge >= 0.3 is 0 Å². The van der Waals surface area contributed by atoms with Gasteiger partial charge in [0.15, 0.2) is 0 Å². The number of fused-ring (bicyclic) bond motifs is 1. The molecule has 168 valence electrons. The van der Waals surface area contributed by atoms with Gasteiger partial charge in [-0.2, -0.15) is 0 Å². The Hall–Kier alpha value is -3.84. The SMILES string of the molecule is Cc1cccn2cc(COc3ccc(C(=O)Nc4ccc(N5CCOCC5)cc4)cc3)nc12. The van der Waals surface area contributed by atoms with E-state index in [-0.39, 0.29) is 5.91 Å². The minimum absolute atomic E-state index is 0.156. The van der Waals surface area contributed by atoms with E-state index in [0.29, 0.717) is 17.9 Å². The first-order chi connectivity index (χ1) is 16.2. The lowest BCUT2D eigenvalue weighted by atomic mass is 10.2. The van der Waals surface area contributed by atoms with E-state index >= 15 is 0 Å². The van der Waals surface area contributed by atoms with Crippen LogP contribution in [0.15, 0.2) is 73.1 Å². The van der Waals surface area contributed by atoms with Gasteiger partial charge in [-0.3, -0.25) is 4.79 Å². The van der Waals surface area contributed by atoms with Gasteiger partial charge in [-0.05, 0) is 67.1 Å². The molecule has 1 saturated heterocycles. The van der Waals surface area contributed by atoms with Gasteiger partial charge < -0.3 is 24.1 Å². The Bertz CT molecular complexity index is 1240. The largest absolute Gasteiger partial charge is 0.487 e. The van der Waals surface area contributed by atoms with Gasteiger partial charge in [0.05, 0.1) is 18.9 Å². The molecule has 7 heteroatoms. The molecule has 4 aromatic rings. The summed E-state index contributed by atoms with van der Waals surface area (Å²) in [5, 5.41) is 2.95. The van der Waals surface area contributed by atoms with Crippen molar-refractivity contribution in [1.29, 1.82) is 0 Å². The highest BCUT2D eigenvalue weighted by Gasteiger charge is 2.12. The second-order valence-corrected chi connectivity index (χ2v) is 8.07. The minimum Gasteiger partial charge on any atom is -0.487 e. The van der Waals surface area contributed by atoms with Gasteiger partial charge in [0.1, 0.15) is 18.0 Å². The minimum atomic E-state index is -0.156. The van der Waals surface area contributed by atoms with Crippen LogP contribution in [0.4, 0.5) is 11.4 Å². The lowest BCUT2D eigenvalue weighted by Crippen LogP contribution is -2.36. The van der Waals surface area contributed by atoms with Crippen molar-refractivity contribution in [2.45, 2.75) is 13.5 Å². The average Bonchev–Trinajstić information content (AvgIpc) is 3.29. The first kappa shape index (κ1) is 21.0. The molecule has 33 heavy (non-hydrogen) atoms. The Morgan fingerprint density at radius 1 is 1.06 bits per heavy atom. The summed E-state index contributed by atoms with van der Waals surface area (Å²) >= 11 is 0. The topological polar surface area (TPSA) is 68.1 Å². The van der Waals surface area contributed by atoms with Crippen LogP contribution in [0.2, 0.25) is 0 Å². The molecule has 0 unspecified atom stereocenters. The fourth-order valence-corrected chi connectivity index (χ4v) is 3.91. The molecule has 0 aliphatic carbocycles. The summed E-state index contributed by atoms with van der Waals surface area (Å²) in [6.45, 7) is 5.67. The van der Waals surface area contributed by atoms with Crippen molar-refractivity contribution in [2.24, 2.45) is 0 Å². The zero-order valence-electron chi connectivity index (χ0n) is 18.5. The van der Waals surface area contributed by atoms with Crippen LogP contribution in [0.3, 0.4) is 0 Å². The van der Waals surface area contributed by atoms with Gasteiger partial charge in [-0.15, -0.1) is 0 Å². The molecular weight excluding hydrogens is 416 g/mol. The van der Waals surface area contributed by atoms with Crippen molar-refractivity contribution in [3.05, 3.63) is 89.9 Å². The Kier molecular flexibility index (Phi) is 5.95. The van der Waals surface area contributed by atoms with E-state index in [0.717, 1.165) is 54.6 Å². The first-order valence-corrected chi connectivity index (χ1v) is 11.1. The van der Waals surface area contributed by atoms with Gasteiger partial charge in [-0.25, -0.2) is 4.98 Å². The Balaban J connectivity index is 1.17.